The molecule has 0 radical (unpaired) electrons. The number of carbonyl (C=O) groups is 1. The van der Waals surface area contributed by atoms with Crippen LogP contribution in [-0.2, 0) is 5.41 Å². The fourth-order valence-corrected chi connectivity index (χ4v) is 2.54. The second kappa shape index (κ2) is 6.04. The molecule has 4 nitrogen and oxygen atoms in total. The highest BCUT2D eigenvalue weighted by atomic mass is 16.1. The van der Waals surface area contributed by atoms with E-state index in [1.165, 1.54) is 12.8 Å². The molecular weight excluding hydrogens is 262 g/mol. The van der Waals surface area contributed by atoms with Gasteiger partial charge in [-0.05, 0) is 30.9 Å². The maximum Gasteiger partial charge on any atom is 0.251 e. The Morgan fingerprint density at radius 1 is 1.38 bits per heavy atom. The van der Waals surface area contributed by atoms with E-state index in [9.17, 15) is 4.79 Å². The minimum atomic E-state index is -0.0772. The van der Waals surface area contributed by atoms with Crippen LogP contribution in [0.5, 0.6) is 0 Å². The molecule has 1 aliphatic carbocycles. The molecule has 1 aromatic rings. The van der Waals surface area contributed by atoms with Crippen LogP contribution in [0, 0.1) is 5.92 Å². The van der Waals surface area contributed by atoms with Crippen molar-refractivity contribution in [1.29, 1.82) is 0 Å². The molecule has 0 aromatic carbocycles. The van der Waals surface area contributed by atoms with Crippen LogP contribution < -0.4 is 10.6 Å². The topological polar surface area (TPSA) is 54.0 Å². The third kappa shape index (κ3) is 3.96. The molecule has 2 N–H and O–H groups in total. The number of nitrogens with zero attached hydrogens (tertiary/aromatic N) is 1. The molecule has 1 aliphatic rings. The fourth-order valence-electron chi connectivity index (χ4n) is 2.54. The summed E-state index contributed by atoms with van der Waals surface area (Å²) in [7, 11) is 1.83. The normalized spacial score (nSPS) is 21.0. The van der Waals surface area contributed by atoms with Crippen molar-refractivity contribution in [3.63, 3.8) is 0 Å². The molecule has 116 valence electrons. The van der Waals surface area contributed by atoms with Crippen molar-refractivity contribution in [2.24, 2.45) is 5.92 Å². The summed E-state index contributed by atoms with van der Waals surface area (Å²) in [5.41, 5.74) is 1.55. The number of anilines is 1. The summed E-state index contributed by atoms with van der Waals surface area (Å²) in [6, 6.07) is 4.09. The van der Waals surface area contributed by atoms with Crippen LogP contribution in [0.15, 0.2) is 12.1 Å². The van der Waals surface area contributed by atoms with Gasteiger partial charge < -0.3 is 10.6 Å². The lowest BCUT2D eigenvalue weighted by atomic mass is 9.90. The van der Waals surface area contributed by atoms with Gasteiger partial charge in [0.1, 0.15) is 5.82 Å². The molecule has 1 aromatic heterocycles. The van der Waals surface area contributed by atoms with Crippen LogP contribution in [0.4, 0.5) is 5.82 Å². The first-order valence-electron chi connectivity index (χ1n) is 7.86. The quantitative estimate of drug-likeness (QED) is 0.874. The van der Waals surface area contributed by atoms with Crippen molar-refractivity contribution >= 4 is 11.7 Å². The maximum atomic E-state index is 12.4. The Morgan fingerprint density at radius 3 is 2.67 bits per heavy atom. The zero-order valence-electron chi connectivity index (χ0n) is 13.8. The van der Waals surface area contributed by atoms with E-state index >= 15 is 0 Å². The number of carbonyl (C=O) groups excluding carboxylic acids is 1. The minimum Gasteiger partial charge on any atom is -0.373 e. The highest BCUT2D eigenvalue weighted by Crippen LogP contribution is 2.34. The van der Waals surface area contributed by atoms with Gasteiger partial charge in [0.15, 0.2) is 0 Å². The fraction of sp³-hybridized carbons (Fsp3) is 0.647. The second-order valence-corrected chi connectivity index (χ2v) is 6.99. The molecule has 2 unspecified atom stereocenters. The van der Waals surface area contributed by atoms with Crippen LogP contribution in [0.2, 0.25) is 0 Å². The maximum absolute atomic E-state index is 12.4. The summed E-state index contributed by atoms with van der Waals surface area (Å²) in [4.78, 5) is 17.0. The van der Waals surface area contributed by atoms with Crippen molar-refractivity contribution < 1.29 is 4.79 Å². The Morgan fingerprint density at radius 2 is 2.10 bits per heavy atom. The third-order valence-corrected chi connectivity index (χ3v) is 4.01. The average Bonchev–Trinajstić information content (AvgIpc) is 3.15. The highest BCUT2D eigenvalue weighted by molar-refractivity contribution is 5.95. The molecule has 0 saturated heterocycles. The van der Waals surface area contributed by atoms with E-state index in [0.717, 1.165) is 17.9 Å². The van der Waals surface area contributed by atoms with Crippen molar-refractivity contribution in [2.45, 2.75) is 58.4 Å². The lowest BCUT2D eigenvalue weighted by Gasteiger charge is -2.19. The standard InChI is InChI=1S/C17H27N3O/c1-6-7-11-8-13(11)19-16(21)12-9-14(17(2,3)4)20-15(10-12)18-5/h9-11,13H,6-8H2,1-5H3,(H,18,20)(H,19,21). The minimum absolute atomic E-state index is 0.0167. The van der Waals surface area contributed by atoms with E-state index in [0.29, 0.717) is 17.5 Å². The van der Waals surface area contributed by atoms with Gasteiger partial charge in [-0.2, -0.15) is 0 Å². The van der Waals surface area contributed by atoms with Crippen molar-refractivity contribution in [1.82, 2.24) is 10.3 Å². The van der Waals surface area contributed by atoms with Gasteiger partial charge in [0.05, 0.1) is 0 Å². The van der Waals surface area contributed by atoms with Gasteiger partial charge in [-0.25, -0.2) is 4.98 Å². The lowest BCUT2D eigenvalue weighted by Crippen LogP contribution is -2.27. The van der Waals surface area contributed by atoms with Gasteiger partial charge in [0.2, 0.25) is 0 Å². The van der Waals surface area contributed by atoms with Crippen molar-refractivity contribution in [3.8, 4) is 0 Å². The smallest absolute Gasteiger partial charge is 0.251 e. The Kier molecular flexibility index (Phi) is 4.55. The third-order valence-electron chi connectivity index (χ3n) is 4.01. The number of rotatable bonds is 5. The van der Waals surface area contributed by atoms with E-state index in [1.807, 2.05) is 19.2 Å². The van der Waals surface area contributed by atoms with Gasteiger partial charge in [0.25, 0.3) is 5.91 Å². The molecule has 2 atom stereocenters. The van der Waals surface area contributed by atoms with E-state index in [2.05, 4.69) is 43.3 Å². The van der Waals surface area contributed by atoms with Gasteiger partial charge in [-0.15, -0.1) is 0 Å². The van der Waals surface area contributed by atoms with Crippen LogP contribution in [-0.4, -0.2) is 24.0 Å². The average molecular weight is 289 g/mol. The lowest BCUT2D eigenvalue weighted by molar-refractivity contribution is 0.0948. The van der Waals surface area contributed by atoms with Crippen molar-refractivity contribution in [2.75, 3.05) is 12.4 Å². The van der Waals surface area contributed by atoms with Crippen LogP contribution in [0.3, 0.4) is 0 Å². The summed E-state index contributed by atoms with van der Waals surface area (Å²) in [6.45, 7) is 8.51. The number of amides is 1. The Labute approximate surface area is 127 Å². The molecule has 1 heterocycles. The second-order valence-electron chi connectivity index (χ2n) is 6.99. The molecule has 1 saturated carbocycles. The van der Waals surface area contributed by atoms with Crippen LogP contribution in [0.25, 0.3) is 0 Å². The molecule has 21 heavy (non-hydrogen) atoms. The zero-order chi connectivity index (χ0) is 15.6. The van der Waals surface area contributed by atoms with E-state index < -0.39 is 0 Å². The summed E-state index contributed by atoms with van der Waals surface area (Å²) in [6.07, 6.45) is 3.51. The monoisotopic (exact) mass is 289 g/mol. The first kappa shape index (κ1) is 15.8. The van der Waals surface area contributed by atoms with E-state index in [1.54, 1.807) is 0 Å². The van der Waals surface area contributed by atoms with Gasteiger partial charge in [0, 0.05) is 29.8 Å². The van der Waals surface area contributed by atoms with Crippen LogP contribution in [0.1, 0.15) is 63.0 Å². The number of nitrogens with one attached hydrogen (secondary N) is 2. The van der Waals surface area contributed by atoms with Crippen LogP contribution >= 0.6 is 0 Å². The Hall–Kier alpha value is -1.58. The molecular formula is C17H27N3O. The summed E-state index contributed by atoms with van der Waals surface area (Å²) >= 11 is 0. The molecule has 2 rings (SSSR count). The summed E-state index contributed by atoms with van der Waals surface area (Å²) < 4.78 is 0. The number of aromatic nitrogens is 1. The first-order valence-corrected chi connectivity index (χ1v) is 7.86. The first-order chi connectivity index (χ1) is 9.85. The van der Waals surface area contributed by atoms with E-state index in [4.69, 9.17) is 0 Å². The predicted molar refractivity (Wildman–Crippen MR) is 86.8 cm³/mol. The molecule has 0 bridgehead atoms. The van der Waals surface area contributed by atoms with Gasteiger partial charge in [-0.1, -0.05) is 34.1 Å². The SMILES string of the molecule is CCCC1CC1NC(=O)c1cc(NC)nc(C(C)(C)C)c1. The Bertz CT molecular complexity index is 519. The van der Waals surface area contributed by atoms with Gasteiger partial charge in [-0.3, -0.25) is 4.79 Å². The van der Waals surface area contributed by atoms with Gasteiger partial charge >= 0.3 is 0 Å². The molecule has 1 fully saturated rings. The number of hydrogen-bond acceptors (Lipinski definition) is 3. The zero-order valence-corrected chi connectivity index (χ0v) is 13.8. The summed E-state index contributed by atoms with van der Waals surface area (Å²) in [5.74, 6) is 1.43. The summed E-state index contributed by atoms with van der Waals surface area (Å²) in [5, 5.41) is 6.18. The molecule has 0 spiro atoms. The molecule has 4 heteroatoms. The highest BCUT2D eigenvalue weighted by Gasteiger charge is 2.37. The largest absolute Gasteiger partial charge is 0.373 e. The molecule has 1 amide bonds. The van der Waals surface area contributed by atoms with E-state index in [-0.39, 0.29) is 11.3 Å². The Balaban J connectivity index is 2.13. The molecule has 0 aliphatic heterocycles. The predicted octanol–water partition coefficient (Wildman–Crippen LogP) is 3.34. The van der Waals surface area contributed by atoms with Crippen molar-refractivity contribution in [3.05, 3.63) is 23.4 Å². The number of pyridine rings is 1. The number of hydrogen-bond donors (Lipinski definition) is 2.